The van der Waals surface area contributed by atoms with Crippen LogP contribution in [0.2, 0.25) is 0 Å². The molecule has 0 aromatic heterocycles. The molecule has 1 rings (SSSR count). The van der Waals surface area contributed by atoms with Gasteiger partial charge < -0.3 is 4.90 Å². The van der Waals surface area contributed by atoms with Gasteiger partial charge in [-0.2, -0.15) is 0 Å². The van der Waals surface area contributed by atoms with E-state index < -0.39 is 0 Å². The average Bonchev–Trinajstić information content (AvgIpc) is 2.16. The topological polar surface area (TPSA) is 20.3 Å². The molecule has 0 saturated carbocycles. The summed E-state index contributed by atoms with van der Waals surface area (Å²) in [5.41, 5.74) is 1.75. The van der Waals surface area contributed by atoms with Crippen molar-refractivity contribution in [1.29, 1.82) is 0 Å². The van der Waals surface area contributed by atoms with E-state index in [4.69, 9.17) is 0 Å². The number of benzene rings is 1. The Hall–Kier alpha value is -0.960. The molecule has 0 amide bonds. The Kier molecular flexibility index (Phi) is 3.37. The number of carbonyl (C=O) groups excluding carboxylic acids is 1. The van der Waals surface area contributed by atoms with Gasteiger partial charge in [0.25, 0.3) is 0 Å². The van der Waals surface area contributed by atoms with Crippen LogP contribution >= 0.6 is 11.8 Å². The van der Waals surface area contributed by atoms with Crippen LogP contribution in [0.25, 0.3) is 0 Å². The van der Waals surface area contributed by atoms with Crippen molar-refractivity contribution in [3.8, 4) is 0 Å². The predicted octanol–water partition coefficient (Wildman–Crippen LogP) is 2.26. The van der Waals surface area contributed by atoms with Gasteiger partial charge in [-0.05, 0) is 18.4 Å². The number of carbonyl (C=O) groups is 1. The number of nitrogens with zero attached hydrogens (tertiary/aromatic N) is 1. The van der Waals surface area contributed by atoms with Crippen molar-refractivity contribution in [2.45, 2.75) is 0 Å². The van der Waals surface area contributed by atoms with Gasteiger partial charge in [-0.1, -0.05) is 23.9 Å². The maximum Gasteiger partial charge on any atom is 0.221 e. The zero-order chi connectivity index (χ0) is 9.84. The minimum Gasteiger partial charge on any atom is -0.377 e. The van der Waals surface area contributed by atoms with Gasteiger partial charge >= 0.3 is 0 Å². The molecule has 3 heteroatoms. The van der Waals surface area contributed by atoms with E-state index in [-0.39, 0.29) is 5.12 Å². The van der Waals surface area contributed by atoms with Crippen molar-refractivity contribution >= 4 is 22.6 Å². The Balaban J connectivity index is 3.12. The van der Waals surface area contributed by atoms with Gasteiger partial charge in [0.1, 0.15) is 0 Å². The first-order valence-corrected chi connectivity index (χ1v) is 5.24. The van der Waals surface area contributed by atoms with Crippen molar-refractivity contribution < 1.29 is 4.79 Å². The third-order valence-corrected chi connectivity index (χ3v) is 2.38. The average molecular weight is 195 g/mol. The van der Waals surface area contributed by atoms with E-state index in [0.29, 0.717) is 0 Å². The summed E-state index contributed by atoms with van der Waals surface area (Å²) in [6.07, 6.45) is 1.80. The lowest BCUT2D eigenvalue weighted by molar-refractivity contribution is 0.109. The quantitative estimate of drug-likeness (QED) is 0.722. The van der Waals surface area contributed by atoms with Crippen LogP contribution in [-0.4, -0.2) is 25.5 Å². The number of para-hydroxylation sites is 1. The number of hydrogen-bond acceptors (Lipinski definition) is 3. The summed E-state index contributed by atoms with van der Waals surface area (Å²) in [6, 6.07) is 7.63. The second kappa shape index (κ2) is 4.33. The lowest BCUT2D eigenvalue weighted by Gasteiger charge is -2.15. The van der Waals surface area contributed by atoms with Crippen LogP contribution in [0.5, 0.6) is 0 Å². The number of rotatable bonds is 2. The van der Waals surface area contributed by atoms with E-state index in [9.17, 15) is 4.79 Å². The molecule has 1 aromatic carbocycles. The third-order valence-electron chi connectivity index (χ3n) is 1.79. The molecular formula is C10H13NOS. The molecule has 0 unspecified atom stereocenters. The molecule has 1 aromatic rings. The Bertz CT molecular complexity index is 310. The second-order valence-electron chi connectivity index (χ2n) is 2.90. The number of hydrogen-bond donors (Lipinski definition) is 0. The Morgan fingerprint density at radius 1 is 1.31 bits per heavy atom. The van der Waals surface area contributed by atoms with Crippen LogP contribution in [0.15, 0.2) is 24.3 Å². The normalized spacial score (nSPS) is 9.77. The summed E-state index contributed by atoms with van der Waals surface area (Å²) in [5.74, 6) is 0. The molecule has 0 radical (unpaired) electrons. The Labute approximate surface area is 82.9 Å². The molecular weight excluding hydrogens is 182 g/mol. The largest absolute Gasteiger partial charge is 0.377 e. The van der Waals surface area contributed by atoms with E-state index in [1.54, 1.807) is 6.26 Å². The lowest BCUT2D eigenvalue weighted by Crippen LogP contribution is -2.12. The molecule has 0 fully saturated rings. The first-order valence-electron chi connectivity index (χ1n) is 4.01. The lowest BCUT2D eigenvalue weighted by atomic mass is 10.2. The molecule has 0 heterocycles. The fourth-order valence-corrected chi connectivity index (χ4v) is 1.54. The molecule has 0 aliphatic carbocycles. The monoisotopic (exact) mass is 195 g/mol. The highest BCUT2D eigenvalue weighted by molar-refractivity contribution is 8.13. The summed E-state index contributed by atoms with van der Waals surface area (Å²) in [7, 11) is 3.87. The number of thioether (sulfide) groups is 1. The van der Waals surface area contributed by atoms with Gasteiger partial charge in [-0.15, -0.1) is 0 Å². The molecule has 13 heavy (non-hydrogen) atoms. The van der Waals surface area contributed by atoms with Gasteiger partial charge in [-0.3, -0.25) is 4.79 Å². The zero-order valence-corrected chi connectivity index (χ0v) is 8.89. The van der Waals surface area contributed by atoms with Crippen LogP contribution in [0.1, 0.15) is 10.4 Å². The fourth-order valence-electron chi connectivity index (χ4n) is 1.15. The van der Waals surface area contributed by atoms with E-state index in [0.717, 1.165) is 11.3 Å². The van der Waals surface area contributed by atoms with E-state index in [1.165, 1.54) is 11.8 Å². The number of anilines is 1. The van der Waals surface area contributed by atoms with Gasteiger partial charge in [0.15, 0.2) is 0 Å². The van der Waals surface area contributed by atoms with E-state index in [1.807, 2.05) is 43.3 Å². The fraction of sp³-hybridized carbons (Fsp3) is 0.300. The smallest absolute Gasteiger partial charge is 0.221 e. The first-order chi connectivity index (χ1) is 6.16. The summed E-state index contributed by atoms with van der Waals surface area (Å²) in [6.45, 7) is 0. The van der Waals surface area contributed by atoms with Crippen LogP contribution in [0.3, 0.4) is 0 Å². The second-order valence-corrected chi connectivity index (χ2v) is 3.68. The first kappa shape index (κ1) is 10.1. The highest BCUT2D eigenvalue weighted by Gasteiger charge is 2.09. The van der Waals surface area contributed by atoms with Crippen LogP contribution in [0, 0.1) is 0 Å². The van der Waals surface area contributed by atoms with E-state index in [2.05, 4.69) is 0 Å². The summed E-state index contributed by atoms with van der Waals surface area (Å²) in [4.78, 5) is 13.4. The van der Waals surface area contributed by atoms with Crippen LogP contribution < -0.4 is 4.90 Å². The molecule has 0 spiro atoms. The third kappa shape index (κ3) is 2.25. The van der Waals surface area contributed by atoms with Crippen molar-refractivity contribution in [3.63, 3.8) is 0 Å². The predicted molar refractivity (Wildman–Crippen MR) is 58.6 cm³/mol. The van der Waals surface area contributed by atoms with Crippen molar-refractivity contribution in [2.24, 2.45) is 0 Å². The SMILES string of the molecule is CSC(=O)c1ccccc1N(C)C. The molecule has 2 nitrogen and oxygen atoms in total. The minimum absolute atomic E-state index is 0.115. The molecule has 70 valence electrons. The van der Waals surface area contributed by atoms with Gasteiger partial charge in [-0.25, -0.2) is 0 Å². The van der Waals surface area contributed by atoms with Gasteiger partial charge in [0.05, 0.1) is 5.56 Å². The van der Waals surface area contributed by atoms with Crippen LogP contribution in [-0.2, 0) is 0 Å². The van der Waals surface area contributed by atoms with Crippen molar-refractivity contribution in [1.82, 2.24) is 0 Å². The molecule has 0 atom stereocenters. The Morgan fingerprint density at radius 3 is 2.46 bits per heavy atom. The minimum atomic E-state index is 0.115. The molecule has 0 aliphatic rings. The highest BCUT2D eigenvalue weighted by atomic mass is 32.2. The molecule has 0 N–H and O–H groups in total. The molecule has 0 aliphatic heterocycles. The maximum atomic E-state index is 11.5. The summed E-state index contributed by atoms with van der Waals surface area (Å²) in [5, 5.41) is 0.115. The molecule has 0 bridgehead atoms. The zero-order valence-electron chi connectivity index (χ0n) is 8.07. The highest BCUT2D eigenvalue weighted by Crippen LogP contribution is 2.21. The van der Waals surface area contributed by atoms with Crippen molar-refractivity contribution in [3.05, 3.63) is 29.8 Å². The van der Waals surface area contributed by atoms with Gasteiger partial charge in [0, 0.05) is 19.8 Å². The standard InChI is InChI=1S/C10H13NOS/c1-11(2)9-7-5-4-6-8(9)10(12)13-3/h4-7H,1-3H3. The maximum absolute atomic E-state index is 11.5. The van der Waals surface area contributed by atoms with E-state index >= 15 is 0 Å². The van der Waals surface area contributed by atoms with Crippen molar-refractivity contribution in [2.75, 3.05) is 25.3 Å². The van der Waals surface area contributed by atoms with Crippen LogP contribution in [0.4, 0.5) is 5.69 Å². The molecule has 0 saturated heterocycles. The van der Waals surface area contributed by atoms with Gasteiger partial charge in [0.2, 0.25) is 5.12 Å². The summed E-state index contributed by atoms with van der Waals surface area (Å²) >= 11 is 1.24. The summed E-state index contributed by atoms with van der Waals surface area (Å²) < 4.78 is 0. The Morgan fingerprint density at radius 2 is 1.92 bits per heavy atom.